The van der Waals surface area contributed by atoms with Crippen molar-refractivity contribution in [1.29, 1.82) is 0 Å². The number of hydrogen-bond acceptors (Lipinski definition) is 5. The summed E-state index contributed by atoms with van der Waals surface area (Å²) in [4.78, 5) is 26.6. The van der Waals surface area contributed by atoms with E-state index in [4.69, 9.17) is 12.2 Å². The lowest BCUT2D eigenvalue weighted by molar-refractivity contribution is -0.116. The average molecular weight is 370 g/mol. The highest BCUT2D eigenvalue weighted by Crippen LogP contribution is 2.33. The Bertz CT molecular complexity index is 866. The van der Waals surface area contributed by atoms with E-state index in [0.29, 0.717) is 15.6 Å². The summed E-state index contributed by atoms with van der Waals surface area (Å²) < 4.78 is 0. The van der Waals surface area contributed by atoms with Crippen LogP contribution in [0.1, 0.15) is 5.56 Å². The lowest BCUT2D eigenvalue weighted by atomic mass is 10.2. The van der Waals surface area contributed by atoms with E-state index in [9.17, 15) is 14.7 Å². The minimum absolute atomic E-state index is 0.0502. The van der Waals surface area contributed by atoms with E-state index >= 15 is 0 Å². The Morgan fingerprint density at radius 3 is 2.68 bits per heavy atom. The van der Waals surface area contributed by atoms with Gasteiger partial charge in [-0.1, -0.05) is 48.6 Å². The Morgan fingerprint density at radius 2 is 1.96 bits per heavy atom. The van der Waals surface area contributed by atoms with Gasteiger partial charge in [-0.15, -0.1) is 0 Å². The van der Waals surface area contributed by atoms with Crippen molar-refractivity contribution >= 4 is 51.9 Å². The zero-order chi connectivity index (χ0) is 17.8. The van der Waals surface area contributed by atoms with Crippen molar-refractivity contribution in [3.05, 3.63) is 65.1 Å². The molecule has 2 N–H and O–H groups in total. The highest BCUT2D eigenvalue weighted by molar-refractivity contribution is 8.19. The molecule has 0 unspecified atom stereocenters. The molecule has 0 aliphatic carbocycles. The summed E-state index contributed by atoms with van der Waals surface area (Å²) >= 11 is 6.35. The molecule has 2 aromatic carbocycles. The maximum atomic E-state index is 12.2. The Hall–Kier alpha value is -2.64. The monoisotopic (exact) mass is 370 g/mol. The van der Waals surface area contributed by atoms with E-state index in [-0.39, 0.29) is 23.4 Å². The first kappa shape index (κ1) is 17.2. The van der Waals surface area contributed by atoms with Crippen molar-refractivity contribution in [2.24, 2.45) is 0 Å². The molecule has 126 valence electrons. The molecule has 0 bridgehead atoms. The van der Waals surface area contributed by atoms with Crippen molar-refractivity contribution < 1.29 is 14.7 Å². The second-order valence-corrected chi connectivity index (χ2v) is 6.66. The Balaban J connectivity index is 1.68. The molecular formula is C18H14N2O3S2. The minimum atomic E-state index is -0.386. The highest BCUT2D eigenvalue weighted by Gasteiger charge is 2.33. The summed E-state index contributed by atoms with van der Waals surface area (Å²) in [6.45, 7) is -0.174. The van der Waals surface area contributed by atoms with Crippen LogP contribution in [0.5, 0.6) is 5.75 Å². The van der Waals surface area contributed by atoms with Crippen LogP contribution in [0.4, 0.5) is 10.5 Å². The molecule has 0 saturated carbocycles. The minimum Gasteiger partial charge on any atom is -0.508 e. The largest absolute Gasteiger partial charge is 0.508 e. The average Bonchev–Trinajstić information content (AvgIpc) is 2.83. The van der Waals surface area contributed by atoms with Gasteiger partial charge in [0.1, 0.15) is 17.3 Å². The van der Waals surface area contributed by atoms with Gasteiger partial charge in [-0.25, -0.2) is 0 Å². The van der Waals surface area contributed by atoms with Gasteiger partial charge in [-0.05, 0) is 35.5 Å². The molecule has 0 aromatic heterocycles. The normalized spacial score (nSPS) is 15.7. The van der Waals surface area contributed by atoms with Crippen molar-refractivity contribution in [3.63, 3.8) is 0 Å². The fraction of sp³-hybridized carbons (Fsp3) is 0.0556. The Morgan fingerprint density at radius 1 is 1.20 bits per heavy atom. The van der Waals surface area contributed by atoms with Crippen molar-refractivity contribution in [1.82, 2.24) is 4.90 Å². The summed E-state index contributed by atoms with van der Waals surface area (Å²) in [6.07, 6.45) is 1.83. The predicted molar refractivity (Wildman–Crippen MR) is 103 cm³/mol. The molecule has 25 heavy (non-hydrogen) atoms. The number of benzene rings is 2. The zero-order valence-corrected chi connectivity index (χ0v) is 14.6. The molecule has 0 spiro atoms. The van der Waals surface area contributed by atoms with Gasteiger partial charge in [-0.2, -0.15) is 0 Å². The first-order chi connectivity index (χ1) is 12.0. The highest BCUT2D eigenvalue weighted by atomic mass is 32.2. The maximum Gasteiger partial charge on any atom is 0.292 e. The smallest absolute Gasteiger partial charge is 0.292 e. The molecule has 2 aromatic rings. The van der Waals surface area contributed by atoms with Gasteiger partial charge < -0.3 is 10.4 Å². The second kappa shape index (κ2) is 7.50. The van der Waals surface area contributed by atoms with Crippen LogP contribution in [0, 0.1) is 0 Å². The maximum absolute atomic E-state index is 12.2. The lowest BCUT2D eigenvalue weighted by Crippen LogP contribution is -2.35. The van der Waals surface area contributed by atoms with E-state index in [1.807, 2.05) is 36.4 Å². The van der Waals surface area contributed by atoms with Crippen LogP contribution in [0.3, 0.4) is 0 Å². The number of aromatic hydroxyl groups is 1. The van der Waals surface area contributed by atoms with Gasteiger partial charge in [0.2, 0.25) is 5.91 Å². The number of phenols is 1. The van der Waals surface area contributed by atoms with E-state index in [1.54, 1.807) is 12.1 Å². The van der Waals surface area contributed by atoms with E-state index in [2.05, 4.69) is 5.32 Å². The van der Waals surface area contributed by atoms with Crippen LogP contribution < -0.4 is 5.32 Å². The third kappa shape index (κ3) is 4.26. The van der Waals surface area contributed by atoms with Crippen LogP contribution in [0.25, 0.3) is 6.08 Å². The predicted octanol–water partition coefficient (Wildman–Crippen LogP) is 3.87. The number of thioether (sulfide) groups is 1. The molecular weight excluding hydrogens is 356 g/mol. The number of nitrogens with one attached hydrogen (secondary N) is 1. The van der Waals surface area contributed by atoms with E-state index < -0.39 is 0 Å². The molecule has 1 aliphatic rings. The first-order valence-corrected chi connectivity index (χ1v) is 8.65. The van der Waals surface area contributed by atoms with Crippen molar-refractivity contribution in [2.75, 3.05) is 11.9 Å². The van der Waals surface area contributed by atoms with Crippen LogP contribution in [-0.2, 0) is 4.79 Å². The molecule has 7 heteroatoms. The van der Waals surface area contributed by atoms with Crippen LogP contribution in [0.2, 0.25) is 0 Å². The summed E-state index contributed by atoms with van der Waals surface area (Å²) in [5.74, 6) is -0.336. The van der Waals surface area contributed by atoms with Gasteiger partial charge in [-0.3, -0.25) is 14.5 Å². The number of amides is 2. The summed E-state index contributed by atoms with van der Waals surface area (Å²) in [5.41, 5.74) is 1.39. The Kier molecular flexibility index (Phi) is 5.16. The van der Waals surface area contributed by atoms with Gasteiger partial charge in [0.15, 0.2) is 0 Å². The van der Waals surface area contributed by atoms with Gasteiger partial charge in [0.05, 0.1) is 4.91 Å². The summed E-state index contributed by atoms with van der Waals surface area (Å²) in [6, 6.07) is 15.7. The molecule has 1 fully saturated rings. The summed E-state index contributed by atoms with van der Waals surface area (Å²) in [5, 5.41) is 11.8. The van der Waals surface area contributed by atoms with Crippen LogP contribution >= 0.6 is 24.0 Å². The quantitative estimate of drug-likeness (QED) is 0.632. The number of carbonyl (C=O) groups excluding carboxylic acids is 2. The lowest BCUT2D eigenvalue weighted by Gasteiger charge is -2.14. The molecule has 5 nitrogen and oxygen atoms in total. The second-order valence-electron chi connectivity index (χ2n) is 5.28. The van der Waals surface area contributed by atoms with Gasteiger partial charge in [0.25, 0.3) is 5.24 Å². The molecule has 0 radical (unpaired) electrons. The first-order valence-electron chi connectivity index (χ1n) is 7.42. The SMILES string of the molecule is O=C(CN1C(=O)S/C(=C/c2ccccc2)C1=S)Nc1cccc(O)c1. The van der Waals surface area contributed by atoms with Gasteiger partial charge >= 0.3 is 0 Å². The number of phenolic OH excluding ortho intramolecular Hbond substituents is 1. The molecule has 1 aliphatic heterocycles. The number of hydrogen-bond donors (Lipinski definition) is 2. The van der Waals surface area contributed by atoms with Crippen LogP contribution in [-0.4, -0.2) is 32.7 Å². The zero-order valence-electron chi connectivity index (χ0n) is 13.0. The fourth-order valence-electron chi connectivity index (χ4n) is 2.26. The standard InChI is InChI=1S/C18H14N2O3S2/c21-14-8-4-7-13(10-14)19-16(22)11-20-17(24)15(25-18(20)23)9-12-5-2-1-3-6-12/h1-10,21H,11H2,(H,19,22)/b15-9+. The van der Waals surface area contributed by atoms with Gasteiger partial charge in [0, 0.05) is 11.8 Å². The number of carbonyl (C=O) groups is 2. The molecule has 1 heterocycles. The number of nitrogens with zero attached hydrogens (tertiary/aromatic N) is 1. The molecule has 3 rings (SSSR count). The number of rotatable bonds is 4. The van der Waals surface area contributed by atoms with Crippen molar-refractivity contribution in [3.8, 4) is 5.75 Å². The molecule has 1 saturated heterocycles. The van der Waals surface area contributed by atoms with E-state index in [1.165, 1.54) is 17.0 Å². The topological polar surface area (TPSA) is 69.6 Å². The molecule has 2 amide bonds. The number of thiocarbonyl (C=S) groups is 1. The fourth-order valence-corrected chi connectivity index (χ4v) is 3.50. The third-order valence-corrected chi connectivity index (χ3v) is 4.90. The van der Waals surface area contributed by atoms with Crippen LogP contribution in [0.15, 0.2) is 59.5 Å². The Labute approximate surface area is 154 Å². The summed E-state index contributed by atoms with van der Waals surface area (Å²) in [7, 11) is 0. The van der Waals surface area contributed by atoms with Crippen molar-refractivity contribution in [2.45, 2.75) is 0 Å². The van der Waals surface area contributed by atoms with E-state index in [0.717, 1.165) is 17.3 Å². The third-order valence-electron chi connectivity index (χ3n) is 3.40. The number of anilines is 1. The molecule has 0 atom stereocenters.